The zero-order valence-electron chi connectivity index (χ0n) is 17.5. The van der Waals surface area contributed by atoms with Crippen LogP contribution in [0, 0.1) is 13.8 Å². The van der Waals surface area contributed by atoms with Gasteiger partial charge < -0.3 is 4.90 Å². The summed E-state index contributed by atoms with van der Waals surface area (Å²) in [4.78, 5) is 23.2. The minimum Gasteiger partial charge on any atom is -0.339 e. The van der Waals surface area contributed by atoms with Gasteiger partial charge in [0.1, 0.15) is 10.9 Å². The molecule has 9 heteroatoms. The molecule has 2 aromatic carbocycles. The number of amides is 1. The van der Waals surface area contributed by atoms with Crippen LogP contribution in [0.5, 0.6) is 0 Å². The lowest BCUT2D eigenvalue weighted by atomic mass is 10.1. The number of aromatic nitrogens is 2. The highest BCUT2D eigenvalue weighted by atomic mass is 32.2. The number of hydrogen-bond donors (Lipinski definition) is 0. The molecule has 0 saturated carbocycles. The average Bonchev–Trinajstić information content (AvgIpc) is 2.76. The smallest absolute Gasteiger partial charge is 0.243 e. The van der Waals surface area contributed by atoms with E-state index in [1.807, 2.05) is 50.2 Å². The first-order valence-electron chi connectivity index (χ1n) is 10.0. The lowest BCUT2D eigenvalue weighted by molar-refractivity contribution is -0.129. The summed E-state index contributed by atoms with van der Waals surface area (Å²) in [7, 11) is -3.59. The number of fused-ring (bicyclic) bond motifs is 1. The summed E-state index contributed by atoms with van der Waals surface area (Å²) < 4.78 is 27.6. The fraction of sp³-hybridized carbons (Fsp3) is 0.318. The van der Waals surface area contributed by atoms with Gasteiger partial charge in [0.05, 0.1) is 10.6 Å². The van der Waals surface area contributed by atoms with Gasteiger partial charge in [0.25, 0.3) is 0 Å². The molecule has 0 N–H and O–H groups in total. The fourth-order valence-corrected chi connectivity index (χ4v) is 6.00. The molecule has 3 aromatic rings. The monoisotopic (exact) mass is 456 g/mol. The van der Waals surface area contributed by atoms with E-state index in [-0.39, 0.29) is 29.6 Å². The predicted octanol–water partition coefficient (Wildman–Crippen LogP) is 2.87. The Morgan fingerprint density at radius 1 is 0.968 bits per heavy atom. The zero-order valence-corrected chi connectivity index (χ0v) is 19.1. The molecule has 1 aliphatic heterocycles. The molecule has 1 saturated heterocycles. The lowest BCUT2D eigenvalue weighted by Crippen LogP contribution is -2.50. The van der Waals surface area contributed by atoms with E-state index in [0.29, 0.717) is 18.9 Å². The number of thioether (sulfide) groups is 1. The molecule has 1 amide bonds. The lowest BCUT2D eigenvalue weighted by Gasteiger charge is -2.34. The molecule has 0 unspecified atom stereocenters. The van der Waals surface area contributed by atoms with Crippen molar-refractivity contribution in [3.05, 3.63) is 60.0 Å². The summed E-state index contributed by atoms with van der Waals surface area (Å²) in [5.41, 5.74) is 0.870. The van der Waals surface area contributed by atoms with Gasteiger partial charge in [-0.05, 0) is 42.8 Å². The summed E-state index contributed by atoms with van der Waals surface area (Å²) in [6, 6.07) is 14.7. The van der Waals surface area contributed by atoms with E-state index < -0.39 is 10.0 Å². The number of benzene rings is 2. The topological polar surface area (TPSA) is 83.5 Å². The van der Waals surface area contributed by atoms with Crippen LogP contribution in [0.3, 0.4) is 0 Å². The highest BCUT2D eigenvalue weighted by molar-refractivity contribution is 7.99. The SMILES string of the molecule is Cc1cc(SCC(=O)N2CCN(S(=O)(=O)c3ccc4ccccc4c3)CC2)nc(C)n1. The van der Waals surface area contributed by atoms with Crippen molar-refractivity contribution in [2.45, 2.75) is 23.8 Å². The number of piperazine rings is 1. The van der Waals surface area contributed by atoms with Crippen molar-refractivity contribution in [1.82, 2.24) is 19.2 Å². The summed E-state index contributed by atoms with van der Waals surface area (Å²) in [6.07, 6.45) is 0. The molecule has 0 atom stereocenters. The third-order valence-electron chi connectivity index (χ3n) is 5.24. The van der Waals surface area contributed by atoms with Crippen LogP contribution in [-0.2, 0) is 14.8 Å². The fourth-order valence-electron chi connectivity index (χ4n) is 3.64. The van der Waals surface area contributed by atoms with Crippen LogP contribution in [0.15, 0.2) is 58.5 Å². The van der Waals surface area contributed by atoms with E-state index in [2.05, 4.69) is 9.97 Å². The third-order valence-corrected chi connectivity index (χ3v) is 8.03. The van der Waals surface area contributed by atoms with E-state index in [9.17, 15) is 13.2 Å². The van der Waals surface area contributed by atoms with Gasteiger partial charge in [-0.15, -0.1) is 0 Å². The molecule has 1 aliphatic rings. The number of rotatable bonds is 5. The Labute approximate surface area is 186 Å². The molecule has 0 bridgehead atoms. The molecule has 0 spiro atoms. The number of carbonyl (C=O) groups is 1. The second-order valence-corrected chi connectivity index (χ2v) is 10.4. The van der Waals surface area contributed by atoms with Gasteiger partial charge in [0, 0.05) is 31.9 Å². The van der Waals surface area contributed by atoms with Crippen LogP contribution < -0.4 is 0 Å². The molecule has 0 aliphatic carbocycles. The van der Waals surface area contributed by atoms with Gasteiger partial charge >= 0.3 is 0 Å². The Bertz CT molecular complexity index is 1200. The highest BCUT2D eigenvalue weighted by Crippen LogP contribution is 2.23. The normalized spacial score (nSPS) is 15.4. The van der Waals surface area contributed by atoms with E-state index in [0.717, 1.165) is 21.5 Å². The second kappa shape index (κ2) is 8.94. The summed E-state index contributed by atoms with van der Waals surface area (Å²) in [6.45, 7) is 5.07. The molecular formula is C22H24N4O3S2. The minimum atomic E-state index is -3.59. The van der Waals surface area contributed by atoms with Crippen LogP contribution in [0.4, 0.5) is 0 Å². The molecule has 4 rings (SSSR count). The Morgan fingerprint density at radius 2 is 1.68 bits per heavy atom. The van der Waals surface area contributed by atoms with Gasteiger partial charge in [-0.25, -0.2) is 18.4 Å². The van der Waals surface area contributed by atoms with Gasteiger partial charge in [-0.2, -0.15) is 4.31 Å². The number of hydrogen-bond acceptors (Lipinski definition) is 6. The van der Waals surface area contributed by atoms with E-state index in [1.165, 1.54) is 16.1 Å². The summed E-state index contributed by atoms with van der Waals surface area (Å²) >= 11 is 1.38. The van der Waals surface area contributed by atoms with Gasteiger partial charge in [-0.3, -0.25) is 4.79 Å². The summed E-state index contributed by atoms with van der Waals surface area (Å²) in [5.74, 6) is 0.942. The Hall–Kier alpha value is -2.49. The molecule has 0 radical (unpaired) electrons. The maximum absolute atomic E-state index is 13.1. The first kappa shape index (κ1) is 21.7. The van der Waals surface area contributed by atoms with Crippen molar-refractivity contribution in [2.24, 2.45) is 0 Å². The van der Waals surface area contributed by atoms with Crippen molar-refractivity contribution in [1.29, 1.82) is 0 Å². The number of sulfonamides is 1. The highest BCUT2D eigenvalue weighted by Gasteiger charge is 2.30. The average molecular weight is 457 g/mol. The van der Waals surface area contributed by atoms with E-state index >= 15 is 0 Å². The standard InChI is InChI=1S/C22H24N4O3S2/c1-16-13-21(24-17(2)23-16)30-15-22(27)25-9-11-26(12-10-25)31(28,29)20-8-7-18-5-3-4-6-19(18)14-20/h3-8,13-14H,9-12,15H2,1-2H3. The first-order chi connectivity index (χ1) is 14.8. The van der Waals surface area contributed by atoms with Crippen LogP contribution in [0.25, 0.3) is 10.8 Å². The Kier molecular flexibility index (Phi) is 6.27. The van der Waals surface area contributed by atoms with Crippen molar-refractivity contribution in [3.63, 3.8) is 0 Å². The van der Waals surface area contributed by atoms with Crippen molar-refractivity contribution in [2.75, 3.05) is 31.9 Å². The predicted molar refractivity (Wildman–Crippen MR) is 122 cm³/mol. The van der Waals surface area contributed by atoms with Crippen LogP contribution >= 0.6 is 11.8 Å². The largest absolute Gasteiger partial charge is 0.339 e. The second-order valence-electron chi connectivity index (χ2n) is 7.48. The number of carbonyl (C=O) groups excluding carboxylic acids is 1. The van der Waals surface area contributed by atoms with E-state index in [1.54, 1.807) is 17.0 Å². The number of aryl methyl sites for hydroxylation is 2. The van der Waals surface area contributed by atoms with Crippen molar-refractivity contribution >= 4 is 38.5 Å². The van der Waals surface area contributed by atoms with Gasteiger partial charge in [0.15, 0.2) is 0 Å². The quantitative estimate of drug-likeness (QED) is 0.434. The Balaban J connectivity index is 1.37. The molecule has 1 fully saturated rings. The van der Waals surface area contributed by atoms with Gasteiger partial charge in [0.2, 0.25) is 15.9 Å². The van der Waals surface area contributed by atoms with Crippen LogP contribution in [0.1, 0.15) is 11.5 Å². The molecular weight excluding hydrogens is 432 g/mol. The van der Waals surface area contributed by atoms with Crippen LogP contribution in [-0.4, -0.2) is 65.4 Å². The molecule has 7 nitrogen and oxygen atoms in total. The Morgan fingerprint density at radius 3 is 2.39 bits per heavy atom. The molecule has 31 heavy (non-hydrogen) atoms. The zero-order chi connectivity index (χ0) is 22.0. The van der Waals surface area contributed by atoms with Crippen molar-refractivity contribution < 1.29 is 13.2 Å². The molecule has 162 valence electrons. The van der Waals surface area contributed by atoms with Crippen LogP contribution in [0.2, 0.25) is 0 Å². The minimum absolute atomic E-state index is 0.0123. The number of nitrogens with zero attached hydrogens (tertiary/aromatic N) is 4. The molecule has 1 aromatic heterocycles. The van der Waals surface area contributed by atoms with Crippen molar-refractivity contribution in [3.8, 4) is 0 Å². The third kappa shape index (κ3) is 4.89. The first-order valence-corrected chi connectivity index (χ1v) is 12.5. The van der Waals surface area contributed by atoms with E-state index in [4.69, 9.17) is 0 Å². The van der Waals surface area contributed by atoms with Gasteiger partial charge in [-0.1, -0.05) is 42.1 Å². The maximum atomic E-state index is 13.1. The maximum Gasteiger partial charge on any atom is 0.243 e. The summed E-state index contributed by atoms with van der Waals surface area (Å²) in [5, 5.41) is 2.67. The molecule has 2 heterocycles.